The number of alkyl halides is 2. The first-order valence-electron chi connectivity index (χ1n) is 10.9. The Morgan fingerprint density at radius 2 is 1.91 bits per heavy atom. The third kappa shape index (κ3) is 6.10. The Bertz CT molecular complexity index is 1190. The summed E-state index contributed by atoms with van der Waals surface area (Å²) in [6.07, 6.45) is 0.404. The van der Waals surface area contributed by atoms with E-state index in [1.165, 1.54) is 36.9 Å². The molecule has 3 rings (SSSR count). The lowest BCUT2D eigenvalue weighted by Gasteiger charge is -2.39. The average molecular weight is 521 g/mol. The first-order chi connectivity index (χ1) is 16.4. The van der Waals surface area contributed by atoms with Gasteiger partial charge < -0.3 is 9.64 Å². The molecule has 1 aliphatic heterocycles. The van der Waals surface area contributed by atoms with Crippen LogP contribution in [0.4, 0.5) is 22.0 Å². The molecule has 1 amide bonds. The summed E-state index contributed by atoms with van der Waals surface area (Å²) in [5.41, 5.74) is 0.0527. The fraction of sp³-hybridized carbons (Fsp3) is 0.435. The second-order valence-corrected chi connectivity index (χ2v) is 9.98. The van der Waals surface area contributed by atoms with Gasteiger partial charge in [0.1, 0.15) is 11.6 Å². The minimum Gasteiger partial charge on any atom is -0.489 e. The molecule has 2 aromatic carbocycles. The molecule has 6 nitrogen and oxygen atoms in total. The number of rotatable bonds is 8. The summed E-state index contributed by atoms with van der Waals surface area (Å²) in [6, 6.07) is 4.31. The van der Waals surface area contributed by atoms with E-state index in [1.54, 1.807) is 0 Å². The van der Waals surface area contributed by atoms with E-state index >= 15 is 0 Å². The number of hydrogen-bond acceptors (Lipinski definition) is 4. The van der Waals surface area contributed by atoms with Gasteiger partial charge in [-0.1, -0.05) is 18.2 Å². The molecule has 1 fully saturated rings. The van der Waals surface area contributed by atoms with Crippen LogP contribution in [0.2, 0.25) is 0 Å². The van der Waals surface area contributed by atoms with E-state index in [1.807, 2.05) is 4.72 Å². The van der Waals surface area contributed by atoms with Gasteiger partial charge in [0.2, 0.25) is 5.91 Å². The van der Waals surface area contributed by atoms with Crippen molar-refractivity contribution in [2.24, 2.45) is 0 Å². The van der Waals surface area contributed by atoms with Gasteiger partial charge in [-0.3, -0.25) is 4.79 Å². The van der Waals surface area contributed by atoms with Crippen LogP contribution in [0.1, 0.15) is 31.7 Å². The van der Waals surface area contributed by atoms with Gasteiger partial charge in [0.05, 0.1) is 13.0 Å². The fourth-order valence-electron chi connectivity index (χ4n) is 4.06. The van der Waals surface area contributed by atoms with Crippen LogP contribution in [0.5, 0.6) is 5.75 Å². The SMILES string of the molecule is Cc1cccc(-c2cc(F)cc(F)c2OCCC(=O)N2CCC[C@H](NS(=O)(=O)C(F)F)[C@@H]2C)c1F. The molecule has 1 aliphatic rings. The molecule has 0 saturated carbocycles. The molecular formula is C23H25F5N2O4S. The summed E-state index contributed by atoms with van der Waals surface area (Å²) in [6.45, 7) is 2.98. The average Bonchev–Trinajstić information content (AvgIpc) is 2.78. The van der Waals surface area contributed by atoms with Gasteiger partial charge in [0, 0.05) is 35.8 Å². The van der Waals surface area contributed by atoms with Crippen LogP contribution in [-0.4, -0.2) is 50.2 Å². The van der Waals surface area contributed by atoms with Gasteiger partial charge in [-0.15, -0.1) is 0 Å². The Labute approximate surface area is 200 Å². The van der Waals surface area contributed by atoms with Crippen molar-refractivity contribution >= 4 is 15.9 Å². The second kappa shape index (κ2) is 10.9. The Balaban J connectivity index is 1.71. The highest BCUT2D eigenvalue weighted by Crippen LogP contribution is 2.36. The van der Waals surface area contributed by atoms with Crippen molar-refractivity contribution in [3.63, 3.8) is 0 Å². The predicted molar refractivity (Wildman–Crippen MR) is 119 cm³/mol. The number of carbonyl (C=O) groups excluding carboxylic acids is 1. The first-order valence-corrected chi connectivity index (χ1v) is 12.4. The van der Waals surface area contributed by atoms with Gasteiger partial charge in [-0.05, 0) is 38.3 Å². The van der Waals surface area contributed by atoms with Gasteiger partial charge in [-0.2, -0.15) is 8.78 Å². The van der Waals surface area contributed by atoms with Gasteiger partial charge in [0.25, 0.3) is 10.0 Å². The third-order valence-corrected chi connectivity index (χ3v) is 7.01. The molecule has 0 radical (unpaired) electrons. The number of amides is 1. The summed E-state index contributed by atoms with van der Waals surface area (Å²) >= 11 is 0. The highest BCUT2D eigenvalue weighted by atomic mass is 32.2. The van der Waals surface area contributed by atoms with Crippen molar-refractivity contribution in [3.8, 4) is 16.9 Å². The maximum Gasteiger partial charge on any atom is 0.350 e. The molecule has 2 atom stereocenters. The predicted octanol–water partition coefficient (Wildman–Crippen LogP) is 4.37. The zero-order valence-electron chi connectivity index (χ0n) is 19.0. The highest BCUT2D eigenvalue weighted by molar-refractivity contribution is 7.89. The summed E-state index contributed by atoms with van der Waals surface area (Å²) in [5.74, 6) is -7.14. The fourth-order valence-corrected chi connectivity index (χ4v) is 4.90. The van der Waals surface area contributed by atoms with E-state index < -0.39 is 57.0 Å². The second-order valence-electron chi connectivity index (χ2n) is 8.30. The van der Waals surface area contributed by atoms with Crippen molar-refractivity contribution in [2.45, 2.75) is 51.0 Å². The number of sulfonamides is 1. The topological polar surface area (TPSA) is 75.7 Å². The number of carbonyl (C=O) groups is 1. The molecule has 1 saturated heterocycles. The molecule has 1 heterocycles. The maximum atomic E-state index is 14.6. The summed E-state index contributed by atoms with van der Waals surface area (Å²) < 4.78 is 98.9. The van der Waals surface area contributed by atoms with Crippen LogP contribution < -0.4 is 9.46 Å². The molecule has 0 bridgehead atoms. The van der Waals surface area contributed by atoms with E-state index in [4.69, 9.17) is 4.74 Å². The van der Waals surface area contributed by atoms with Crippen molar-refractivity contribution < 1.29 is 39.9 Å². The Kier molecular flexibility index (Phi) is 8.37. The Morgan fingerprint density at radius 1 is 1.20 bits per heavy atom. The smallest absolute Gasteiger partial charge is 0.350 e. The number of aryl methyl sites for hydroxylation is 1. The van der Waals surface area contributed by atoms with E-state index in [0.29, 0.717) is 12.5 Å². The molecule has 0 aromatic heterocycles. The van der Waals surface area contributed by atoms with Crippen LogP contribution in [0.3, 0.4) is 0 Å². The minimum absolute atomic E-state index is 0.0662. The van der Waals surface area contributed by atoms with Crippen molar-refractivity contribution in [1.29, 1.82) is 0 Å². The molecule has 0 aliphatic carbocycles. The van der Waals surface area contributed by atoms with Crippen molar-refractivity contribution in [2.75, 3.05) is 13.2 Å². The number of ether oxygens (including phenoxy) is 1. The zero-order valence-corrected chi connectivity index (χ0v) is 19.8. The standard InChI is InChI=1S/C23H25F5N2O4S/c1-13-5-3-6-16(21(13)26)17-11-15(24)12-18(25)22(17)34-10-8-20(31)30-9-4-7-19(14(30)2)29-35(32,33)23(27)28/h3,5-6,11-12,14,19,23,29H,4,7-10H2,1-2H3/t14-,19-/m0/s1. The van der Waals surface area contributed by atoms with Gasteiger partial charge >= 0.3 is 5.76 Å². The maximum absolute atomic E-state index is 14.6. The lowest BCUT2D eigenvalue weighted by molar-refractivity contribution is -0.135. The van der Waals surface area contributed by atoms with E-state index in [2.05, 4.69) is 0 Å². The van der Waals surface area contributed by atoms with E-state index in [0.717, 1.165) is 6.07 Å². The first kappa shape index (κ1) is 26.9. The molecule has 0 spiro atoms. The lowest BCUT2D eigenvalue weighted by Crippen LogP contribution is -2.56. The van der Waals surface area contributed by atoms with Gasteiger partial charge in [-0.25, -0.2) is 26.3 Å². The zero-order chi connectivity index (χ0) is 25.9. The van der Waals surface area contributed by atoms with Crippen molar-refractivity contribution in [3.05, 3.63) is 53.3 Å². The molecule has 35 heavy (non-hydrogen) atoms. The minimum atomic E-state index is -4.83. The highest BCUT2D eigenvalue weighted by Gasteiger charge is 2.36. The molecule has 1 N–H and O–H groups in total. The van der Waals surface area contributed by atoms with Crippen LogP contribution in [0, 0.1) is 24.4 Å². The summed E-state index contributed by atoms with van der Waals surface area (Å²) in [4.78, 5) is 14.1. The molecule has 0 unspecified atom stereocenters. The van der Waals surface area contributed by atoms with E-state index in [-0.39, 0.29) is 42.7 Å². The molecule has 12 heteroatoms. The molecular weight excluding hydrogens is 495 g/mol. The number of piperidine rings is 1. The normalized spacial score (nSPS) is 18.7. The van der Waals surface area contributed by atoms with E-state index in [9.17, 15) is 35.2 Å². The third-order valence-electron chi connectivity index (χ3n) is 5.91. The summed E-state index contributed by atoms with van der Waals surface area (Å²) in [5, 5.41) is 0. The number of likely N-dealkylation sites (tertiary alicyclic amines) is 1. The van der Waals surface area contributed by atoms with Gasteiger partial charge in [0.15, 0.2) is 11.6 Å². The number of nitrogens with one attached hydrogen (secondary N) is 1. The Hall–Kier alpha value is -2.73. The quantitative estimate of drug-likeness (QED) is 0.525. The van der Waals surface area contributed by atoms with Crippen LogP contribution in [0.25, 0.3) is 11.1 Å². The largest absolute Gasteiger partial charge is 0.489 e. The Morgan fingerprint density at radius 3 is 2.60 bits per heavy atom. The van der Waals surface area contributed by atoms with Crippen LogP contribution >= 0.6 is 0 Å². The molecule has 2 aromatic rings. The van der Waals surface area contributed by atoms with Crippen LogP contribution in [0.15, 0.2) is 30.3 Å². The molecule has 192 valence electrons. The summed E-state index contributed by atoms with van der Waals surface area (Å²) in [7, 11) is -4.83. The number of hydrogen-bond donors (Lipinski definition) is 1. The lowest BCUT2D eigenvalue weighted by atomic mass is 9.98. The number of nitrogens with zero attached hydrogens (tertiary/aromatic N) is 1. The number of benzene rings is 2. The monoisotopic (exact) mass is 520 g/mol. The number of halogens is 5. The van der Waals surface area contributed by atoms with Crippen LogP contribution in [-0.2, 0) is 14.8 Å². The van der Waals surface area contributed by atoms with Crippen molar-refractivity contribution in [1.82, 2.24) is 9.62 Å².